The molecule has 2 aromatic heterocycles. The van der Waals surface area contributed by atoms with Gasteiger partial charge in [-0.25, -0.2) is 9.97 Å². The number of nitriles is 1. The van der Waals surface area contributed by atoms with Gasteiger partial charge in [0.1, 0.15) is 0 Å². The largest absolute Gasteiger partial charge is 0.278 e. The number of rotatable bonds is 4. The van der Waals surface area contributed by atoms with E-state index in [-0.39, 0.29) is 0 Å². The van der Waals surface area contributed by atoms with Gasteiger partial charge < -0.3 is 0 Å². The van der Waals surface area contributed by atoms with Crippen LogP contribution < -0.4 is 0 Å². The number of aromatic nitrogens is 3. The molecule has 4 heteroatoms. The van der Waals surface area contributed by atoms with Crippen molar-refractivity contribution in [2.24, 2.45) is 17.8 Å². The Morgan fingerprint density at radius 2 is 1.21 bits per heavy atom. The van der Waals surface area contributed by atoms with Gasteiger partial charge in [0.2, 0.25) is 5.95 Å². The molecule has 4 aliphatic carbocycles. The summed E-state index contributed by atoms with van der Waals surface area (Å²) in [5.41, 5.74) is 8.38. The van der Waals surface area contributed by atoms with Gasteiger partial charge in [-0.1, -0.05) is 72.8 Å². The molecule has 4 aliphatic rings. The molecule has 10 rings (SSSR count). The lowest BCUT2D eigenvalue weighted by atomic mass is 9.48. The monoisotopic (exact) mass is 556 g/mol. The molecule has 0 N–H and O–H groups in total. The second-order valence-corrected chi connectivity index (χ2v) is 13.3. The number of fused-ring (bicyclic) bond motifs is 3. The van der Waals surface area contributed by atoms with Gasteiger partial charge in [0.15, 0.2) is 0 Å². The molecule has 0 amide bonds. The molecule has 4 bridgehead atoms. The van der Waals surface area contributed by atoms with Crippen molar-refractivity contribution in [3.8, 4) is 34.5 Å². The van der Waals surface area contributed by atoms with Gasteiger partial charge in [0.05, 0.1) is 34.1 Å². The van der Waals surface area contributed by atoms with Crippen molar-refractivity contribution in [1.82, 2.24) is 14.5 Å². The molecule has 0 radical (unpaired) electrons. The highest BCUT2D eigenvalue weighted by molar-refractivity contribution is 6.09. The summed E-state index contributed by atoms with van der Waals surface area (Å²) in [7, 11) is 0. The van der Waals surface area contributed by atoms with Crippen molar-refractivity contribution in [2.75, 3.05) is 0 Å². The van der Waals surface area contributed by atoms with Crippen LogP contribution in [0, 0.1) is 29.1 Å². The highest BCUT2D eigenvalue weighted by Crippen LogP contribution is 2.60. The maximum absolute atomic E-state index is 9.61. The lowest BCUT2D eigenvalue weighted by Gasteiger charge is -2.57. The summed E-state index contributed by atoms with van der Waals surface area (Å²) in [5.74, 6) is 3.41. The van der Waals surface area contributed by atoms with Crippen LogP contribution >= 0.6 is 0 Å². The van der Waals surface area contributed by atoms with Crippen LogP contribution in [-0.4, -0.2) is 14.5 Å². The average Bonchev–Trinajstić information content (AvgIpc) is 3.38. The number of benzene rings is 4. The summed E-state index contributed by atoms with van der Waals surface area (Å²) in [4.78, 5) is 10.4. The van der Waals surface area contributed by atoms with E-state index in [1.54, 1.807) is 0 Å². The van der Waals surface area contributed by atoms with Crippen LogP contribution in [0.15, 0.2) is 103 Å². The third-order valence-electron chi connectivity index (χ3n) is 10.6. The molecule has 2 heterocycles. The minimum absolute atomic E-state index is 0.371. The molecule has 0 aliphatic heterocycles. The normalized spacial score (nSPS) is 24.0. The third kappa shape index (κ3) is 3.95. The highest BCUT2D eigenvalue weighted by atomic mass is 15.2. The molecular weight excluding hydrogens is 524 g/mol. The van der Waals surface area contributed by atoms with E-state index in [9.17, 15) is 5.26 Å². The molecule has 4 nitrogen and oxygen atoms in total. The van der Waals surface area contributed by atoms with Crippen LogP contribution in [0.2, 0.25) is 0 Å². The molecule has 4 fully saturated rings. The van der Waals surface area contributed by atoms with Crippen LogP contribution in [0.25, 0.3) is 50.3 Å². The van der Waals surface area contributed by atoms with Crippen LogP contribution in [-0.2, 0) is 5.41 Å². The van der Waals surface area contributed by atoms with Gasteiger partial charge in [-0.3, -0.25) is 4.57 Å². The predicted octanol–water partition coefficient (Wildman–Crippen LogP) is 9.25. The van der Waals surface area contributed by atoms with E-state index in [4.69, 9.17) is 9.97 Å². The molecule has 208 valence electrons. The van der Waals surface area contributed by atoms with Gasteiger partial charge >= 0.3 is 0 Å². The molecule has 6 aromatic rings. The molecule has 4 aromatic carbocycles. The minimum Gasteiger partial charge on any atom is -0.278 e. The summed E-state index contributed by atoms with van der Waals surface area (Å²) in [6.45, 7) is 0. The number of hydrogen-bond acceptors (Lipinski definition) is 3. The quantitative estimate of drug-likeness (QED) is 0.217. The fraction of sp³-hybridized carbons (Fsp3) is 0.256. The zero-order valence-corrected chi connectivity index (χ0v) is 24.1. The first-order valence-corrected chi connectivity index (χ1v) is 15.6. The molecule has 0 spiro atoms. The Kier molecular flexibility index (Phi) is 5.41. The number of nitrogens with zero attached hydrogens (tertiary/aromatic N) is 4. The van der Waals surface area contributed by atoms with E-state index in [1.807, 2.05) is 24.3 Å². The van der Waals surface area contributed by atoms with E-state index in [0.717, 1.165) is 51.3 Å². The van der Waals surface area contributed by atoms with Gasteiger partial charge in [0, 0.05) is 21.9 Å². The molecule has 0 saturated heterocycles. The van der Waals surface area contributed by atoms with Gasteiger partial charge in [-0.2, -0.15) is 5.26 Å². The van der Waals surface area contributed by atoms with Gasteiger partial charge in [-0.05, 0) is 97.6 Å². The summed E-state index contributed by atoms with van der Waals surface area (Å²) < 4.78 is 2.18. The van der Waals surface area contributed by atoms with Crippen LogP contribution in [0.5, 0.6) is 0 Å². The number of para-hydroxylation sites is 2. The van der Waals surface area contributed by atoms with Gasteiger partial charge in [-0.15, -0.1) is 0 Å². The molecular formula is C39H32N4. The fourth-order valence-corrected chi connectivity index (χ4v) is 9.18. The second-order valence-electron chi connectivity index (χ2n) is 13.3. The van der Waals surface area contributed by atoms with Gasteiger partial charge in [0.25, 0.3) is 0 Å². The summed E-state index contributed by atoms with van der Waals surface area (Å²) in [6, 6.07) is 38.3. The Hall–Kier alpha value is -4.75. The van der Waals surface area contributed by atoms with Crippen molar-refractivity contribution in [1.29, 1.82) is 5.26 Å². The Bertz CT molecular complexity index is 1990. The lowest BCUT2D eigenvalue weighted by molar-refractivity contribution is -0.00518. The summed E-state index contributed by atoms with van der Waals surface area (Å²) >= 11 is 0. The van der Waals surface area contributed by atoms with Crippen LogP contribution in [0.3, 0.4) is 0 Å². The number of hydrogen-bond donors (Lipinski definition) is 0. The molecule has 4 saturated carbocycles. The van der Waals surface area contributed by atoms with Crippen molar-refractivity contribution in [3.63, 3.8) is 0 Å². The second kappa shape index (κ2) is 9.38. The first-order valence-electron chi connectivity index (χ1n) is 15.6. The van der Waals surface area contributed by atoms with E-state index < -0.39 is 0 Å². The summed E-state index contributed by atoms with van der Waals surface area (Å²) in [5, 5.41) is 12.0. The third-order valence-corrected chi connectivity index (χ3v) is 10.6. The van der Waals surface area contributed by atoms with Crippen molar-refractivity contribution >= 4 is 21.8 Å². The topological polar surface area (TPSA) is 54.5 Å². The first kappa shape index (κ1) is 24.8. The Labute approximate surface area is 251 Å². The highest BCUT2D eigenvalue weighted by Gasteiger charge is 2.51. The lowest BCUT2D eigenvalue weighted by Crippen LogP contribution is -2.48. The zero-order valence-electron chi connectivity index (χ0n) is 24.1. The van der Waals surface area contributed by atoms with Crippen LogP contribution in [0.4, 0.5) is 0 Å². The SMILES string of the molecule is N#Cc1cccc(-c2cc(-c3ccc(C45CC6CC(CC(C6)C4)C5)cc3)nc(-n3c4ccccc4c4ccccc43)n2)c1. The Morgan fingerprint density at radius 3 is 1.81 bits per heavy atom. The maximum Gasteiger partial charge on any atom is 0.235 e. The van der Waals surface area contributed by atoms with E-state index >= 15 is 0 Å². The molecule has 0 atom stereocenters. The van der Waals surface area contributed by atoms with E-state index in [2.05, 4.69) is 89.5 Å². The minimum atomic E-state index is 0.371. The van der Waals surface area contributed by atoms with E-state index in [1.165, 1.54) is 54.9 Å². The van der Waals surface area contributed by atoms with Crippen LogP contribution in [0.1, 0.15) is 49.7 Å². The first-order chi connectivity index (χ1) is 21.2. The Morgan fingerprint density at radius 1 is 0.628 bits per heavy atom. The average molecular weight is 557 g/mol. The van der Waals surface area contributed by atoms with Crippen molar-refractivity contribution in [3.05, 3.63) is 114 Å². The predicted molar refractivity (Wildman–Crippen MR) is 172 cm³/mol. The maximum atomic E-state index is 9.61. The smallest absolute Gasteiger partial charge is 0.235 e. The Balaban J connectivity index is 1.21. The molecule has 0 unspecified atom stereocenters. The molecule has 43 heavy (non-hydrogen) atoms. The zero-order chi connectivity index (χ0) is 28.5. The fourth-order valence-electron chi connectivity index (χ4n) is 9.18. The van der Waals surface area contributed by atoms with E-state index in [0.29, 0.717) is 16.9 Å². The standard InChI is InChI=1S/C39H32N4/c40-24-25-6-5-7-30(19-25)35-20-34(29-12-14-31(15-13-29)39-21-26-16-27(22-39)18-28(17-26)23-39)41-38(42-35)43-36-10-3-1-8-32(36)33-9-2-4-11-37(33)43/h1-15,19-20,26-28H,16-18,21-23H2. The van der Waals surface area contributed by atoms with Crippen molar-refractivity contribution < 1.29 is 0 Å². The van der Waals surface area contributed by atoms with Crippen molar-refractivity contribution in [2.45, 2.75) is 43.9 Å². The summed E-state index contributed by atoms with van der Waals surface area (Å²) in [6.07, 6.45) is 8.47.